The Labute approximate surface area is 123 Å². The van der Waals surface area contributed by atoms with E-state index in [1.165, 1.54) is 12.1 Å². The number of rotatable bonds is 5. The lowest BCUT2D eigenvalue weighted by atomic mass is 9.86. The zero-order valence-electron chi connectivity index (χ0n) is 12.7. The van der Waals surface area contributed by atoms with Gasteiger partial charge in [-0.3, -0.25) is 4.79 Å². The van der Waals surface area contributed by atoms with Crippen LogP contribution in [-0.2, 0) is 4.79 Å². The van der Waals surface area contributed by atoms with E-state index in [1.807, 2.05) is 20.8 Å². The first-order valence-corrected chi connectivity index (χ1v) is 6.72. The van der Waals surface area contributed by atoms with Crippen molar-refractivity contribution in [3.8, 4) is 5.75 Å². The second-order valence-electron chi connectivity index (χ2n) is 6.02. The number of nitrogens with two attached hydrogens (primary N) is 1. The minimum Gasteiger partial charge on any atom is -0.435 e. The van der Waals surface area contributed by atoms with E-state index in [2.05, 4.69) is 10.1 Å². The predicted octanol–water partition coefficient (Wildman–Crippen LogP) is 2.84. The van der Waals surface area contributed by atoms with Crippen molar-refractivity contribution in [1.82, 2.24) is 5.32 Å². The number of hydrogen-bond donors (Lipinski definition) is 2. The third-order valence-corrected chi connectivity index (χ3v) is 3.16. The molecule has 1 unspecified atom stereocenters. The van der Waals surface area contributed by atoms with Gasteiger partial charge in [-0.25, -0.2) is 0 Å². The maximum Gasteiger partial charge on any atom is 0.387 e. The zero-order valence-corrected chi connectivity index (χ0v) is 12.7. The predicted molar refractivity (Wildman–Crippen MR) is 77.1 cm³/mol. The van der Waals surface area contributed by atoms with Gasteiger partial charge in [-0.2, -0.15) is 8.78 Å². The molecule has 1 aromatic rings. The summed E-state index contributed by atoms with van der Waals surface area (Å²) in [6.45, 7) is 4.51. The van der Waals surface area contributed by atoms with Gasteiger partial charge in [0.05, 0.1) is 12.1 Å². The second-order valence-corrected chi connectivity index (χ2v) is 6.02. The van der Waals surface area contributed by atoms with Crippen LogP contribution in [0.3, 0.4) is 0 Å². The Morgan fingerprint density at radius 2 is 1.95 bits per heavy atom. The Kier molecular flexibility index (Phi) is 5.66. The molecule has 1 rings (SSSR count). The quantitative estimate of drug-likeness (QED) is 0.879. The molecular formula is C15H22F2N2O2. The number of alkyl halides is 2. The first kappa shape index (κ1) is 17.4. The number of ether oxygens (including phenoxy) is 1. The third kappa shape index (κ3) is 5.30. The van der Waals surface area contributed by atoms with Crippen molar-refractivity contribution in [1.29, 1.82) is 0 Å². The van der Waals surface area contributed by atoms with Crippen LogP contribution in [0, 0.1) is 5.41 Å². The summed E-state index contributed by atoms with van der Waals surface area (Å²) in [6, 6.07) is 5.23. The lowest BCUT2D eigenvalue weighted by Gasteiger charge is -2.27. The second kappa shape index (κ2) is 6.85. The number of halogens is 2. The molecule has 1 amide bonds. The molecule has 3 N–H and O–H groups in total. The van der Waals surface area contributed by atoms with Crippen LogP contribution in [0.1, 0.15) is 39.3 Å². The van der Waals surface area contributed by atoms with Crippen LogP contribution in [0.5, 0.6) is 5.75 Å². The summed E-state index contributed by atoms with van der Waals surface area (Å²) in [5, 5.41) is 2.78. The summed E-state index contributed by atoms with van der Waals surface area (Å²) in [5.74, 6) is -0.223. The fourth-order valence-corrected chi connectivity index (χ4v) is 1.74. The van der Waals surface area contributed by atoms with Gasteiger partial charge in [0.2, 0.25) is 5.91 Å². The van der Waals surface area contributed by atoms with Gasteiger partial charge in [0, 0.05) is 0 Å². The molecule has 118 valence electrons. The maximum absolute atomic E-state index is 12.2. The van der Waals surface area contributed by atoms with E-state index in [4.69, 9.17) is 5.73 Å². The molecule has 2 atom stereocenters. The van der Waals surface area contributed by atoms with Gasteiger partial charge in [-0.1, -0.05) is 32.9 Å². The van der Waals surface area contributed by atoms with Crippen molar-refractivity contribution in [2.75, 3.05) is 0 Å². The smallest absolute Gasteiger partial charge is 0.387 e. The van der Waals surface area contributed by atoms with Gasteiger partial charge < -0.3 is 15.8 Å². The molecular weight excluding hydrogens is 278 g/mol. The minimum absolute atomic E-state index is 0.0590. The van der Waals surface area contributed by atoms with Crippen molar-refractivity contribution < 1.29 is 18.3 Å². The van der Waals surface area contributed by atoms with Crippen molar-refractivity contribution in [3.05, 3.63) is 29.8 Å². The molecule has 0 fully saturated rings. The molecule has 1 aromatic carbocycles. The average Bonchev–Trinajstić information content (AvgIpc) is 2.36. The van der Waals surface area contributed by atoms with Gasteiger partial charge in [0.25, 0.3) is 0 Å². The molecule has 0 aromatic heterocycles. The Morgan fingerprint density at radius 3 is 2.48 bits per heavy atom. The van der Waals surface area contributed by atoms with Crippen LogP contribution in [0.4, 0.5) is 8.78 Å². The Hall–Kier alpha value is -1.69. The molecule has 0 saturated carbocycles. The van der Waals surface area contributed by atoms with Crippen molar-refractivity contribution in [3.63, 3.8) is 0 Å². The van der Waals surface area contributed by atoms with E-state index in [0.717, 1.165) is 0 Å². The first-order valence-electron chi connectivity index (χ1n) is 6.72. The summed E-state index contributed by atoms with van der Waals surface area (Å²) in [6.07, 6.45) is 0. The SMILES string of the molecule is CC(NC(=O)[C@H](N)C(C)(C)C)c1cccc(OC(F)F)c1. The van der Waals surface area contributed by atoms with Gasteiger partial charge in [-0.15, -0.1) is 0 Å². The van der Waals surface area contributed by atoms with E-state index in [-0.39, 0.29) is 23.1 Å². The summed E-state index contributed by atoms with van der Waals surface area (Å²) in [4.78, 5) is 12.0. The Morgan fingerprint density at radius 1 is 1.33 bits per heavy atom. The zero-order chi connectivity index (χ0) is 16.2. The highest BCUT2D eigenvalue weighted by atomic mass is 19.3. The molecule has 6 heteroatoms. The fraction of sp³-hybridized carbons (Fsp3) is 0.533. The number of carbonyl (C=O) groups excluding carboxylic acids is 1. The highest BCUT2D eigenvalue weighted by Crippen LogP contribution is 2.22. The molecule has 0 aliphatic rings. The van der Waals surface area contributed by atoms with E-state index in [1.54, 1.807) is 19.1 Å². The molecule has 0 spiro atoms. The number of benzene rings is 1. The van der Waals surface area contributed by atoms with E-state index >= 15 is 0 Å². The molecule has 4 nitrogen and oxygen atoms in total. The van der Waals surface area contributed by atoms with Crippen LogP contribution in [-0.4, -0.2) is 18.6 Å². The fourth-order valence-electron chi connectivity index (χ4n) is 1.74. The van der Waals surface area contributed by atoms with Crippen LogP contribution in [0.15, 0.2) is 24.3 Å². The van der Waals surface area contributed by atoms with Gasteiger partial charge in [0.1, 0.15) is 5.75 Å². The highest BCUT2D eigenvalue weighted by Gasteiger charge is 2.28. The van der Waals surface area contributed by atoms with Crippen LogP contribution in [0.2, 0.25) is 0 Å². The summed E-state index contributed by atoms with van der Waals surface area (Å²) >= 11 is 0. The maximum atomic E-state index is 12.2. The lowest BCUT2D eigenvalue weighted by Crippen LogP contribution is -2.49. The van der Waals surface area contributed by atoms with Crippen LogP contribution < -0.4 is 15.8 Å². The number of hydrogen-bond acceptors (Lipinski definition) is 3. The van der Waals surface area contributed by atoms with E-state index < -0.39 is 12.7 Å². The molecule has 0 aliphatic heterocycles. The number of amides is 1. The van der Waals surface area contributed by atoms with Gasteiger partial charge in [-0.05, 0) is 30.0 Å². The highest BCUT2D eigenvalue weighted by molar-refractivity contribution is 5.82. The largest absolute Gasteiger partial charge is 0.435 e. The normalized spacial score (nSPS) is 14.7. The molecule has 0 heterocycles. The molecule has 21 heavy (non-hydrogen) atoms. The van der Waals surface area contributed by atoms with Gasteiger partial charge in [0.15, 0.2) is 0 Å². The van der Waals surface area contributed by atoms with E-state index in [0.29, 0.717) is 5.56 Å². The third-order valence-electron chi connectivity index (χ3n) is 3.16. The van der Waals surface area contributed by atoms with Crippen molar-refractivity contribution >= 4 is 5.91 Å². The number of carbonyl (C=O) groups is 1. The minimum atomic E-state index is -2.88. The van der Waals surface area contributed by atoms with Crippen molar-refractivity contribution in [2.45, 2.75) is 46.4 Å². The monoisotopic (exact) mass is 300 g/mol. The Balaban J connectivity index is 2.76. The first-order chi connectivity index (χ1) is 9.61. The van der Waals surface area contributed by atoms with Crippen LogP contribution in [0.25, 0.3) is 0 Å². The summed E-state index contributed by atoms with van der Waals surface area (Å²) in [5.41, 5.74) is 6.19. The summed E-state index contributed by atoms with van der Waals surface area (Å²) < 4.78 is 28.7. The lowest BCUT2D eigenvalue weighted by molar-refractivity contribution is -0.125. The Bertz CT molecular complexity index is 487. The summed E-state index contributed by atoms with van der Waals surface area (Å²) in [7, 11) is 0. The van der Waals surface area contributed by atoms with Crippen LogP contribution >= 0.6 is 0 Å². The van der Waals surface area contributed by atoms with E-state index in [9.17, 15) is 13.6 Å². The molecule has 0 aliphatic carbocycles. The molecule has 0 radical (unpaired) electrons. The standard InChI is InChI=1S/C15H22F2N2O2/c1-9(19-13(20)12(18)15(2,3)4)10-6-5-7-11(8-10)21-14(16)17/h5-9,12,14H,18H2,1-4H3,(H,19,20)/t9?,12-/m0/s1. The number of nitrogens with one attached hydrogen (secondary N) is 1. The topological polar surface area (TPSA) is 64.4 Å². The molecule has 0 bridgehead atoms. The average molecular weight is 300 g/mol. The van der Waals surface area contributed by atoms with Gasteiger partial charge >= 0.3 is 6.61 Å². The van der Waals surface area contributed by atoms with Crippen molar-refractivity contribution in [2.24, 2.45) is 11.1 Å². The molecule has 0 saturated heterocycles.